The van der Waals surface area contributed by atoms with Gasteiger partial charge in [0.15, 0.2) is 0 Å². The molecule has 120 valence electrons. The average molecular weight is 283 g/mol. The fourth-order valence-electron chi connectivity index (χ4n) is 3.38. The molecule has 0 spiro atoms. The van der Waals surface area contributed by atoms with Crippen molar-refractivity contribution in [2.24, 2.45) is 17.8 Å². The molecule has 1 aliphatic heterocycles. The Morgan fingerprint density at radius 1 is 0.950 bits per heavy atom. The van der Waals surface area contributed by atoms with Crippen molar-refractivity contribution >= 4 is 0 Å². The van der Waals surface area contributed by atoms with Crippen molar-refractivity contribution in [3.05, 3.63) is 0 Å². The van der Waals surface area contributed by atoms with E-state index in [1.165, 1.54) is 51.4 Å². The van der Waals surface area contributed by atoms with Gasteiger partial charge in [0.2, 0.25) is 0 Å². The van der Waals surface area contributed by atoms with E-state index < -0.39 is 0 Å². The van der Waals surface area contributed by atoms with Crippen LogP contribution in [-0.4, -0.2) is 12.1 Å². The molecular formula is C18H37NO. The predicted octanol–water partition coefficient (Wildman–Crippen LogP) is 5.33. The Labute approximate surface area is 127 Å². The molecule has 2 nitrogen and oxygen atoms in total. The highest BCUT2D eigenvalue weighted by molar-refractivity contribution is 4.78. The fourth-order valence-corrected chi connectivity index (χ4v) is 3.38. The first-order chi connectivity index (χ1) is 9.52. The van der Waals surface area contributed by atoms with Crippen LogP contribution in [0.25, 0.3) is 0 Å². The second-order valence-corrected chi connectivity index (χ2v) is 7.41. The lowest BCUT2D eigenvalue weighted by Gasteiger charge is -2.36. The molecule has 0 aromatic heterocycles. The van der Waals surface area contributed by atoms with Crippen LogP contribution in [0.1, 0.15) is 86.0 Å². The third-order valence-electron chi connectivity index (χ3n) is 4.88. The molecule has 0 aromatic carbocycles. The van der Waals surface area contributed by atoms with Crippen molar-refractivity contribution in [2.75, 3.05) is 0 Å². The number of hydrogen-bond acceptors (Lipinski definition) is 2. The summed E-state index contributed by atoms with van der Waals surface area (Å²) in [7, 11) is 0. The van der Waals surface area contributed by atoms with Crippen LogP contribution in [0, 0.1) is 17.8 Å². The zero-order valence-corrected chi connectivity index (χ0v) is 14.5. The summed E-state index contributed by atoms with van der Waals surface area (Å²) in [6.45, 7) is 11.7. The quantitative estimate of drug-likeness (QED) is 0.553. The monoisotopic (exact) mass is 283 g/mol. The largest absolute Gasteiger partial charge is 0.297 e. The molecule has 1 saturated heterocycles. The van der Waals surface area contributed by atoms with E-state index in [1.54, 1.807) is 0 Å². The number of hydroxylamine groups is 1. The molecule has 0 bridgehead atoms. The van der Waals surface area contributed by atoms with Crippen molar-refractivity contribution in [2.45, 2.75) is 98.1 Å². The number of hydrogen-bond donors (Lipinski definition) is 1. The van der Waals surface area contributed by atoms with E-state index in [9.17, 15) is 0 Å². The molecule has 1 N–H and O–H groups in total. The van der Waals surface area contributed by atoms with Gasteiger partial charge < -0.3 is 0 Å². The SMILES string of the molecule is CCCCC(C)C[C@H](C)CCC[C@@H](C)C[C@H]1NOC1C. The summed E-state index contributed by atoms with van der Waals surface area (Å²) in [5, 5.41) is 0. The van der Waals surface area contributed by atoms with Gasteiger partial charge in [-0.3, -0.25) is 4.84 Å². The first kappa shape index (κ1) is 18.0. The summed E-state index contributed by atoms with van der Waals surface area (Å²) in [5.41, 5.74) is 3.07. The molecule has 1 rings (SSSR count). The minimum absolute atomic E-state index is 0.413. The second kappa shape index (κ2) is 9.78. The molecule has 1 fully saturated rings. The maximum atomic E-state index is 5.21. The van der Waals surface area contributed by atoms with Crippen LogP contribution in [0.4, 0.5) is 0 Å². The maximum Gasteiger partial charge on any atom is 0.0937 e. The Hall–Kier alpha value is -0.0800. The van der Waals surface area contributed by atoms with Gasteiger partial charge in [-0.05, 0) is 37.5 Å². The molecule has 5 atom stereocenters. The second-order valence-electron chi connectivity index (χ2n) is 7.41. The Bertz CT molecular complexity index is 244. The standard InChI is InChI=1S/C18H37NO/c1-6-7-9-14(2)12-15(3)10-8-11-16(4)13-18-17(5)20-19-18/h14-19H,6-13H2,1-5H3/t14?,15-,16-,17?,18-/m1/s1. The molecule has 0 radical (unpaired) electrons. The van der Waals surface area contributed by atoms with Crippen molar-refractivity contribution in [1.29, 1.82) is 0 Å². The summed E-state index contributed by atoms with van der Waals surface area (Å²) in [6, 6.07) is 0.594. The average Bonchev–Trinajstić information content (AvgIpc) is 2.40. The lowest BCUT2D eigenvalue weighted by Crippen LogP contribution is -2.53. The summed E-state index contributed by atoms with van der Waals surface area (Å²) in [6.07, 6.45) is 11.4. The van der Waals surface area contributed by atoms with Gasteiger partial charge >= 0.3 is 0 Å². The third-order valence-corrected chi connectivity index (χ3v) is 4.88. The van der Waals surface area contributed by atoms with Gasteiger partial charge in [0, 0.05) is 0 Å². The van der Waals surface area contributed by atoms with E-state index in [2.05, 4.69) is 40.1 Å². The lowest BCUT2D eigenvalue weighted by atomic mass is 9.87. The first-order valence-corrected chi connectivity index (χ1v) is 8.94. The first-order valence-electron chi connectivity index (χ1n) is 8.94. The van der Waals surface area contributed by atoms with Crippen LogP contribution in [0.2, 0.25) is 0 Å². The molecule has 0 aromatic rings. The molecule has 0 saturated carbocycles. The van der Waals surface area contributed by atoms with Crippen LogP contribution in [0.5, 0.6) is 0 Å². The summed E-state index contributed by atoms with van der Waals surface area (Å²) < 4.78 is 0. The molecule has 0 amide bonds. The Morgan fingerprint density at radius 2 is 1.55 bits per heavy atom. The van der Waals surface area contributed by atoms with Gasteiger partial charge in [-0.2, -0.15) is 5.48 Å². The minimum atomic E-state index is 0.413. The number of nitrogens with one attached hydrogen (secondary N) is 1. The van der Waals surface area contributed by atoms with Crippen LogP contribution in [0.15, 0.2) is 0 Å². The van der Waals surface area contributed by atoms with Crippen molar-refractivity contribution in [3.63, 3.8) is 0 Å². The van der Waals surface area contributed by atoms with E-state index >= 15 is 0 Å². The van der Waals surface area contributed by atoms with E-state index in [4.69, 9.17) is 4.84 Å². The normalized spacial score (nSPS) is 26.9. The van der Waals surface area contributed by atoms with Gasteiger partial charge in [0.05, 0.1) is 12.1 Å². The van der Waals surface area contributed by atoms with Gasteiger partial charge in [-0.25, -0.2) is 0 Å². The van der Waals surface area contributed by atoms with Crippen molar-refractivity contribution in [1.82, 2.24) is 5.48 Å². The highest BCUT2D eigenvalue weighted by Crippen LogP contribution is 2.25. The fraction of sp³-hybridized carbons (Fsp3) is 1.00. The van der Waals surface area contributed by atoms with Crippen molar-refractivity contribution in [3.8, 4) is 0 Å². The summed E-state index contributed by atoms with van der Waals surface area (Å²) in [5.74, 6) is 2.64. The smallest absolute Gasteiger partial charge is 0.0937 e. The Balaban J connectivity index is 2.01. The van der Waals surface area contributed by atoms with Gasteiger partial charge in [-0.1, -0.05) is 66.2 Å². The number of unbranched alkanes of at least 4 members (excludes halogenated alkanes) is 1. The molecule has 1 aliphatic rings. The lowest BCUT2D eigenvalue weighted by molar-refractivity contribution is -0.164. The molecule has 1 heterocycles. The van der Waals surface area contributed by atoms with Crippen LogP contribution < -0.4 is 5.48 Å². The summed E-state index contributed by atoms with van der Waals surface area (Å²) >= 11 is 0. The van der Waals surface area contributed by atoms with E-state index in [-0.39, 0.29) is 0 Å². The van der Waals surface area contributed by atoms with Gasteiger partial charge in [0.25, 0.3) is 0 Å². The van der Waals surface area contributed by atoms with E-state index in [0.717, 1.165) is 17.8 Å². The zero-order chi connectivity index (χ0) is 15.0. The van der Waals surface area contributed by atoms with Gasteiger partial charge in [-0.15, -0.1) is 0 Å². The molecule has 2 heteroatoms. The molecule has 0 aliphatic carbocycles. The number of rotatable bonds is 11. The highest BCUT2D eigenvalue weighted by Gasteiger charge is 2.28. The van der Waals surface area contributed by atoms with Crippen molar-refractivity contribution < 1.29 is 4.84 Å². The third kappa shape index (κ3) is 7.08. The highest BCUT2D eigenvalue weighted by atomic mass is 16.7. The van der Waals surface area contributed by atoms with Crippen LogP contribution in [-0.2, 0) is 4.84 Å². The Kier molecular flexibility index (Phi) is 8.79. The van der Waals surface area contributed by atoms with E-state index in [0.29, 0.717) is 12.1 Å². The van der Waals surface area contributed by atoms with Crippen LogP contribution in [0.3, 0.4) is 0 Å². The Morgan fingerprint density at radius 3 is 2.05 bits per heavy atom. The molecule has 2 unspecified atom stereocenters. The summed E-state index contributed by atoms with van der Waals surface area (Å²) in [4.78, 5) is 5.21. The topological polar surface area (TPSA) is 21.3 Å². The van der Waals surface area contributed by atoms with Crippen LogP contribution >= 0.6 is 0 Å². The minimum Gasteiger partial charge on any atom is -0.297 e. The zero-order valence-electron chi connectivity index (χ0n) is 14.5. The van der Waals surface area contributed by atoms with E-state index in [1.807, 2.05) is 0 Å². The van der Waals surface area contributed by atoms with Gasteiger partial charge in [0.1, 0.15) is 0 Å². The maximum absolute atomic E-state index is 5.21. The predicted molar refractivity (Wildman–Crippen MR) is 87.6 cm³/mol. The molecule has 20 heavy (non-hydrogen) atoms. The molecular weight excluding hydrogens is 246 g/mol.